The van der Waals surface area contributed by atoms with Crippen molar-refractivity contribution in [2.24, 2.45) is 0 Å². The smallest absolute Gasteiger partial charge is 0.127 e. The molecule has 7 nitrogen and oxygen atoms in total. The molecule has 4 aromatic carbocycles. The van der Waals surface area contributed by atoms with Gasteiger partial charge in [-0.15, -0.1) is 0 Å². The number of fused-ring (bicyclic) bond motifs is 8. The Bertz CT molecular complexity index is 2640. The Morgan fingerprint density at radius 2 is 0.793 bits per heavy atom. The van der Waals surface area contributed by atoms with Crippen LogP contribution in [0.15, 0.2) is 140 Å². The van der Waals surface area contributed by atoms with Crippen molar-refractivity contribution < 1.29 is 14.2 Å². The van der Waals surface area contributed by atoms with Crippen molar-refractivity contribution in [3.8, 4) is 50.3 Å². The van der Waals surface area contributed by atoms with Gasteiger partial charge in [0, 0.05) is 54.3 Å². The third-order valence-corrected chi connectivity index (χ3v) is 10.6. The molecule has 58 heavy (non-hydrogen) atoms. The Morgan fingerprint density at radius 1 is 0.397 bits per heavy atom. The predicted octanol–water partition coefficient (Wildman–Crippen LogP) is 12.2. The quantitative estimate of drug-likeness (QED) is 0.0685. The summed E-state index contributed by atoms with van der Waals surface area (Å²) in [7, 11) is 0. The summed E-state index contributed by atoms with van der Waals surface area (Å²) in [5.41, 5.74) is 15.3. The summed E-state index contributed by atoms with van der Waals surface area (Å²) < 4.78 is 18.8. The summed E-state index contributed by atoms with van der Waals surface area (Å²) in [5, 5.41) is 0. The van der Waals surface area contributed by atoms with Gasteiger partial charge in [0.2, 0.25) is 0 Å². The molecule has 3 aromatic heterocycles. The van der Waals surface area contributed by atoms with E-state index in [1.54, 1.807) is 0 Å². The van der Waals surface area contributed by atoms with Crippen molar-refractivity contribution >= 4 is 69.0 Å². The van der Waals surface area contributed by atoms with Gasteiger partial charge in [0.1, 0.15) is 12.4 Å². The lowest BCUT2D eigenvalue weighted by atomic mass is 10.0. The molecule has 0 unspecified atom stereocenters. The fraction of sp³-hybridized carbons (Fsp3) is 0.120. The number of nitrogens with zero attached hydrogens (tertiary/aromatic N) is 2. The van der Waals surface area contributed by atoms with E-state index in [1.165, 1.54) is 0 Å². The normalized spacial score (nSPS) is 11.9. The standard InChI is InChI=1S/C50H41IN4O3/c51-28-29-56-30-31-57-32-33-58-46-19-11-10-18-37(46)50-44-26-24-42(54-44)48(35-14-6-2-7-15-35)40-22-20-38(52-40)47(34-12-4-1-5-13-34)39-21-23-41(53-39)49(36-16-8-3-9-17-36)43-25-27-45(50)55-43/h1-27,52-53H,28-33H2. The van der Waals surface area contributed by atoms with Crippen molar-refractivity contribution in [2.75, 3.05) is 37.5 Å². The van der Waals surface area contributed by atoms with Gasteiger partial charge in [0.25, 0.3) is 0 Å². The Labute approximate surface area is 351 Å². The maximum absolute atomic E-state index is 6.45. The molecule has 2 aliphatic rings. The summed E-state index contributed by atoms with van der Waals surface area (Å²) in [6, 6.07) is 48.2. The average molecular weight is 873 g/mol. The first kappa shape index (κ1) is 37.5. The molecule has 0 amide bonds. The highest BCUT2D eigenvalue weighted by atomic mass is 127. The van der Waals surface area contributed by atoms with E-state index in [0.29, 0.717) is 26.4 Å². The van der Waals surface area contributed by atoms with E-state index in [1.807, 2.05) is 30.3 Å². The fourth-order valence-corrected chi connectivity index (χ4v) is 7.91. The Kier molecular flexibility index (Phi) is 11.4. The fourth-order valence-electron chi connectivity index (χ4n) is 7.60. The zero-order chi connectivity index (χ0) is 39.1. The number of halogens is 1. The largest absolute Gasteiger partial charge is 0.491 e. The van der Waals surface area contributed by atoms with Gasteiger partial charge in [-0.25, -0.2) is 9.97 Å². The number of aromatic nitrogens is 4. The van der Waals surface area contributed by atoms with Crippen LogP contribution in [0.2, 0.25) is 0 Å². The first-order chi connectivity index (χ1) is 28.7. The number of benzene rings is 4. The third-order valence-electron chi connectivity index (χ3n) is 10.2. The molecule has 0 radical (unpaired) electrons. The van der Waals surface area contributed by atoms with Crippen LogP contribution in [0.3, 0.4) is 0 Å². The summed E-state index contributed by atoms with van der Waals surface area (Å²) >= 11 is 2.31. The number of H-pyrrole nitrogens is 2. The third kappa shape index (κ3) is 7.91. The lowest BCUT2D eigenvalue weighted by molar-refractivity contribution is 0.0418. The molecular formula is C50H41IN4O3. The monoisotopic (exact) mass is 872 g/mol. The second-order valence-electron chi connectivity index (χ2n) is 13.9. The topological polar surface area (TPSA) is 85.0 Å². The van der Waals surface area contributed by atoms with Crippen LogP contribution in [0, 0.1) is 0 Å². The van der Waals surface area contributed by atoms with Crippen LogP contribution in [0.4, 0.5) is 0 Å². The minimum atomic E-state index is 0.389. The number of alkyl halides is 1. The van der Waals surface area contributed by atoms with Gasteiger partial charge < -0.3 is 24.2 Å². The van der Waals surface area contributed by atoms with Gasteiger partial charge in [0.05, 0.1) is 49.2 Å². The summed E-state index contributed by atoms with van der Waals surface area (Å²) in [4.78, 5) is 18.5. The molecule has 8 heteroatoms. The molecule has 2 N–H and O–H groups in total. The maximum atomic E-state index is 6.45. The van der Waals surface area contributed by atoms with Crippen molar-refractivity contribution in [1.29, 1.82) is 0 Å². The van der Waals surface area contributed by atoms with Crippen LogP contribution in [0.1, 0.15) is 22.8 Å². The molecule has 0 fully saturated rings. The molecule has 0 saturated heterocycles. The van der Waals surface area contributed by atoms with E-state index in [0.717, 1.165) is 106 Å². The number of hydrogen-bond donors (Lipinski definition) is 2. The minimum Gasteiger partial charge on any atom is -0.491 e. The van der Waals surface area contributed by atoms with Crippen LogP contribution in [-0.2, 0) is 9.47 Å². The first-order valence-corrected chi connectivity index (χ1v) is 21.0. The summed E-state index contributed by atoms with van der Waals surface area (Å²) in [6.45, 7) is 2.65. The highest BCUT2D eigenvalue weighted by Gasteiger charge is 2.21. The molecule has 2 aliphatic heterocycles. The van der Waals surface area contributed by atoms with E-state index in [-0.39, 0.29) is 0 Å². The Hall–Kier alpha value is -6.07. The second-order valence-corrected chi connectivity index (χ2v) is 14.9. The average Bonchev–Trinajstić information content (AvgIpc) is 4.12. The van der Waals surface area contributed by atoms with Crippen molar-refractivity contribution in [1.82, 2.24) is 19.9 Å². The number of rotatable bonds is 13. The molecule has 7 aromatic rings. The van der Waals surface area contributed by atoms with Gasteiger partial charge in [-0.2, -0.15) is 0 Å². The molecule has 8 bridgehead atoms. The molecule has 5 heterocycles. The maximum Gasteiger partial charge on any atom is 0.127 e. The van der Waals surface area contributed by atoms with Crippen LogP contribution in [-0.4, -0.2) is 57.4 Å². The van der Waals surface area contributed by atoms with E-state index >= 15 is 0 Å². The zero-order valence-corrected chi connectivity index (χ0v) is 34.0. The zero-order valence-electron chi connectivity index (χ0n) is 31.8. The van der Waals surface area contributed by atoms with Crippen LogP contribution < -0.4 is 4.74 Å². The molecule has 286 valence electrons. The van der Waals surface area contributed by atoms with Gasteiger partial charge in [0.15, 0.2) is 0 Å². The van der Waals surface area contributed by atoms with Gasteiger partial charge in [-0.05, 0) is 71.3 Å². The number of nitrogens with one attached hydrogen (secondary N) is 2. The first-order valence-electron chi connectivity index (χ1n) is 19.5. The van der Waals surface area contributed by atoms with Gasteiger partial charge in [-0.1, -0.05) is 132 Å². The highest BCUT2D eigenvalue weighted by Crippen LogP contribution is 2.40. The lowest BCUT2D eigenvalue weighted by Crippen LogP contribution is -2.11. The van der Waals surface area contributed by atoms with Crippen LogP contribution in [0.25, 0.3) is 90.9 Å². The number of para-hydroxylation sites is 1. The van der Waals surface area contributed by atoms with E-state index in [4.69, 9.17) is 24.2 Å². The molecule has 0 aliphatic carbocycles. The summed E-state index contributed by atoms with van der Waals surface area (Å²) in [6.07, 6.45) is 8.41. The van der Waals surface area contributed by atoms with Crippen molar-refractivity contribution in [3.63, 3.8) is 0 Å². The molecule has 0 atom stereocenters. The van der Waals surface area contributed by atoms with E-state index < -0.39 is 0 Å². The molecular weight excluding hydrogens is 831 g/mol. The Morgan fingerprint density at radius 3 is 1.29 bits per heavy atom. The van der Waals surface area contributed by atoms with Crippen molar-refractivity contribution in [3.05, 3.63) is 162 Å². The molecule has 0 saturated carbocycles. The van der Waals surface area contributed by atoms with Crippen LogP contribution in [0.5, 0.6) is 5.75 Å². The highest BCUT2D eigenvalue weighted by molar-refractivity contribution is 14.1. The minimum absolute atomic E-state index is 0.389. The number of hydrogen-bond acceptors (Lipinski definition) is 5. The predicted molar refractivity (Wildman–Crippen MR) is 247 cm³/mol. The SMILES string of the molecule is ICCOCCOCCOc1ccccc1-c1c2nc(c(-c3ccccc3)c3ccc([nH]3)c(-c3ccccc3)c3ccc([nH]3)c(-c3ccccc3)c3nc1C=C3)C=C2. The van der Waals surface area contributed by atoms with E-state index in [2.05, 4.69) is 166 Å². The molecule has 9 rings (SSSR count). The lowest BCUT2D eigenvalue weighted by Gasteiger charge is -2.13. The van der Waals surface area contributed by atoms with E-state index in [9.17, 15) is 0 Å². The number of ether oxygens (including phenoxy) is 3. The number of aromatic amines is 2. The Balaban J connectivity index is 1.31. The summed E-state index contributed by atoms with van der Waals surface area (Å²) in [5.74, 6) is 0.734. The second kappa shape index (κ2) is 17.6. The van der Waals surface area contributed by atoms with Crippen LogP contribution >= 0.6 is 22.6 Å². The molecule has 0 spiro atoms. The van der Waals surface area contributed by atoms with Gasteiger partial charge >= 0.3 is 0 Å². The van der Waals surface area contributed by atoms with Gasteiger partial charge in [-0.3, -0.25) is 0 Å². The van der Waals surface area contributed by atoms with Crippen molar-refractivity contribution in [2.45, 2.75) is 0 Å².